The molecule has 1 aromatic rings. The molecular weight excluding hydrogens is 233 g/mol. The summed E-state index contributed by atoms with van der Waals surface area (Å²) in [5, 5.41) is 3.27. The molecule has 1 N–H and O–H groups in total. The maximum atomic E-state index is 12.8. The van der Waals surface area contributed by atoms with Gasteiger partial charge in [-0.25, -0.2) is 4.39 Å². The fourth-order valence-corrected chi connectivity index (χ4v) is 1.52. The number of unbranched alkanes of at least 4 members (excludes halogenated alkanes) is 1. The third-order valence-electron chi connectivity index (χ3n) is 2.44. The highest BCUT2D eigenvalue weighted by Gasteiger charge is 1.95. The third-order valence-corrected chi connectivity index (χ3v) is 2.44. The SMILES string of the molecule is CCOCCCCNCCOc1cccc(F)c1. The second-order valence-electron chi connectivity index (χ2n) is 3.96. The zero-order chi connectivity index (χ0) is 13.1. The van der Waals surface area contributed by atoms with E-state index in [2.05, 4.69) is 5.32 Å². The van der Waals surface area contributed by atoms with Crippen molar-refractivity contribution in [3.63, 3.8) is 0 Å². The number of ether oxygens (including phenoxy) is 2. The van der Waals surface area contributed by atoms with Gasteiger partial charge in [-0.1, -0.05) is 6.07 Å². The Morgan fingerprint density at radius 2 is 2.06 bits per heavy atom. The molecule has 1 rings (SSSR count). The minimum Gasteiger partial charge on any atom is -0.492 e. The smallest absolute Gasteiger partial charge is 0.126 e. The van der Waals surface area contributed by atoms with Gasteiger partial charge in [-0.3, -0.25) is 0 Å². The quantitative estimate of drug-likeness (QED) is 0.652. The Kier molecular flexibility index (Phi) is 8.17. The summed E-state index contributed by atoms with van der Waals surface area (Å²) >= 11 is 0. The predicted molar refractivity (Wildman–Crippen MR) is 70.5 cm³/mol. The first-order chi connectivity index (χ1) is 8.83. The lowest BCUT2D eigenvalue weighted by Gasteiger charge is -2.07. The molecule has 0 fully saturated rings. The minimum absolute atomic E-state index is 0.267. The first kappa shape index (κ1) is 14.9. The van der Waals surface area contributed by atoms with E-state index in [9.17, 15) is 4.39 Å². The average Bonchev–Trinajstić information content (AvgIpc) is 2.37. The fraction of sp³-hybridized carbons (Fsp3) is 0.571. The summed E-state index contributed by atoms with van der Waals surface area (Å²) in [6.45, 7) is 5.90. The summed E-state index contributed by atoms with van der Waals surface area (Å²) in [5.41, 5.74) is 0. The van der Waals surface area contributed by atoms with Gasteiger partial charge in [0.2, 0.25) is 0 Å². The van der Waals surface area contributed by atoms with Crippen molar-refractivity contribution in [3.05, 3.63) is 30.1 Å². The van der Waals surface area contributed by atoms with Crippen LogP contribution in [-0.4, -0.2) is 32.9 Å². The van der Waals surface area contributed by atoms with Crippen molar-refractivity contribution in [2.45, 2.75) is 19.8 Å². The second kappa shape index (κ2) is 9.85. The lowest BCUT2D eigenvalue weighted by atomic mass is 10.3. The molecule has 0 amide bonds. The Balaban J connectivity index is 1.92. The van der Waals surface area contributed by atoms with Crippen LogP contribution in [-0.2, 0) is 4.74 Å². The molecular formula is C14H22FNO2. The Bertz CT molecular complexity index is 320. The van der Waals surface area contributed by atoms with Gasteiger partial charge >= 0.3 is 0 Å². The third kappa shape index (κ3) is 7.25. The van der Waals surface area contributed by atoms with Crippen molar-refractivity contribution in [2.24, 2.45) is 0 Å². The van der Waals surface area contributed by atoms with Crippen molar-refractivity contribution in [1.82, 2.24) is 5.32 Å². The van der Waals surface area contributed by atoms with Gasteiger partial charge in [0.15, 0.2) is 0 Å². The first-order valence-corrected chi connectivity index (χ1v) is 6.49. The van der Waals surface area contributed by atoms with E-state index in [0.29, 0.717) is 12.4 Å². The molecule has 0 saturated carbocycles. The number of nitrogens with one attached hydrogen (secondary N) is 1. The van der Waals surface area contributed by atoms with Crippen LogP contribution in [0.1, 0.15) is 19.8 Å². The maximum Gasteiger partial charge on any atom is 0.126 e. The summed E-state index contributed by atoms with van der Waals surface area (Å²) in [6.07, 6.45) is 2.17. The van der Waals surface area contributed by atoms with Crippen molar-refractivity contribution in [3.8, 4) is 5.75 Å². The van der Waals surface area contributed by atoms with Crippen LogP contribution < -0.4 is 10.1 Å². The summed E-state index contributed by atoms with van der Waals surface area (Å²) in [4.78, 5) is 0. The Labute approximate surface area is 108 Å². The van der Waals surface area contributed by atoms with Gasteiger partial charge in [-0.05, 0) is 38.4 Å². The van der Waals surface area contributed by atoms with Crippen LogP contribution >= 0.6 is 0 Å². The minimum atomic E-state index is -0.267. The van der Waals surface area contributed by atoms with Crippen molar-refractivity contribution in [2.75, 3.05) is 32.9 Å². The van der Waals surface area contributed by atoms with E-state index in [-0.39, 0.29) is 5.82 Å². The zero-order valence-corrected chi connectivity index (χ0v) is 11.0. The van der Waals surface area contributed by atoms with E-state index in [0.717, 1.165) is 39.1 Å². The van der Waals surface area contributed by atoms with Crippen LogP contribution in [0.2, 0.25) is 0 Å². The largest absolute Gasteiger partial charge is 0.492 e. The van der Waals surface area contributed by atoms with Gasteiger partial charge in [0.05, 0.1) is 0 Å². The summed E-state index contributed by atoms with van der Waals surface area (Å²) in [6, 6.07) is 6.20. The van der Waals surface area contributed by atoms with E-state index in [4.69, 9.17) is 9.47 Å². The molecule has 0 bridgehead atoms. The van der Waals surface area contributed by atoms with Gasteiger partial charge < -0.3 is 14.8 Å². The molecule has 0 radical (unpaired) electrons. The Hall–Kier alpha value is -1.13. The lowest BCUT2D eigenvalue weighted by molar-refractivity contribution is 0.143. The summed E-state index contributed by atoms with van der Waals surface area (Å²) in [5.74, 6) is 0.310. The van der Waals surface area contributed by atoms with Gasteiger partial charge in [-0.15, -0.1) is 0 Å². The van der Waals surface area contributed by atoms with Gasteiger partial charge in [0, 0.05) is 25.8 Å². The second-order valence-corrected chi connectivity index (χ2v) is 3.96. The van der Waals surface area contributed by atoms with Gasteiger partial charge in [0.25, 0.3) is 0 Å². The Morgan fingerprint density at radius 1 is 1.17 bits per heavy atom. The molecule has 3 nitrogen and oxygen atoms in total. The monoisotopic (exact) mass is 255 g/mol. The van der Waals surface area contributed by atoms with E-state index in [1.54, 1.807) is 12.1 Å². The summed E-state index contributed by atoms with van der Waals surface area (Å²) in [7, 11) is 0. The van der Waals surface area contributed by atoms with Crippen molar-refractivity contribution >= 4 is 0 Å². The molecule has 18 heavy (non-hydrogen) atoms. The number of hydrogen-bond donors (Lipinski definition) is 1. The highest BCUT2D eigenvalue weighted by atomic mass is 19.1. The van der Waals surface area contributed by atoms with Crippen LogP contribution in [0.4, 0.5) is 4.39 Å². The number of hydrogen-bond acceptors (Lipinski definition) is 3. The molecule has 4 heteroatoms. The van der Waals surface area contributed by atoms with Crippen molar-refractivity contribution in [1.29, 1.82) is 0 Å². The molecule has 0 unspecified atom stereocenters. The highest BCUT2D eigenvalue weighted by Crippen LogP contribution is 2.11. The number of benzene rings is 1. The van der Waals surface area contributed by atoms with E-state index >= 15 is 0 Å². The van der Waals surface area contributed by atoms with Gasteiger partial charge in [-0.2, -0.15) is 0 Å². The van der Waals surface area contributed by atoms with E-state index in [1.165, 1.54) is 12.1 Å². The van der Waals surface area contributed by atoms with Crippen LogP contribution in [0, 0.1) is 5.82 Å². The molecule has 0 saturated heterocycles. The summed E-state index contributed by atoms with van der Waals surface area (Å²) < 4.78 is 23.5. The zero-order valence-electron chi connectivity index (χ0n) is 11.0. The molecule has 0 aliphatic rings. The number of rotatable bonds is 10. The van der Waals surface area contributed by atoms with Crippen LogP contribution in [0.5, 0.6) is 5.75 Å². The normalized spacial score (nSPS) is 10.6. The average molecular weight is 255 g/mol. The predicted octanol–water partition coefficient (Wildman–Crippen LogP) is 2.61. The van der Waals surface area contributed by atoms with E-state index < -0.39 is 0 Å². The molecule has 0 aliphatic carbocycles. The van der Waals surface area contributed by atoms with Gasteiger partial charge in [0.1, 0.15) is 18.2 Å². The fourth-order valence-electron chi connectivity index (χ4n) is 1.52. The van der Waals surface area contributed by atoms with Crippen LogP contribution in [0.3, 0.4) is 0 Å². The molecule has 0 aromatic heterocycles. The standard InChI is InChI=1S/C14H22FNO2/c1-2-17-10-4-3-8-16-9-11-18-14-7-5-6-13(15)12-14/h5-7,12,16H,2-4,8-11H2,1H3. The number of halogens is 1. The molecule has 0 aliphatic heterocycles. The van der Waals surface area contributed by atoms with Crippen LogP contribution in [0.15, 0.2) is 24.3 Å². The first-order valence-electron chi connectivity index (χ1n) is 6.49. The lowest BCUT2D eigenvalue weighted by Crippen LogP contribution is -2.22. The molecule has 1 aromatic carbocycles. The van der Waals surface area contributed by atoms with Crippen LogP contribution in [0.25, 0.3) is 0 Å². The van der Waals surface area contributed by atoms with E-state index in [1.807, 2.05) is 6.92 Å². The highest BCUT2D eigenvalue weighted by molar-refractivity contribution is 5.22. The maximum absolute atomic E-state index is 12.8. The molecule has 0 atom stereocenters. The molecule has 0 heterocycles. The molecule has 0 spiro atoms. The Morgan fingerprint density at radius 3 is 2.83 bits per heavy atom. The van der Waals surface area contributed by atoms with Crippen molar-refractivity contribution < 1.29 is 13.9 Å². The topological polar surface area (TPSA) is 30.5 Å². The molecule has 102 valence electrons.